The van der Waals surface area contributed by atoms with E-state index in [1.807, 2.05) is 30.3 Å². The zero-order valence-corrected chi connectivity index (χ0v) is 10.9. The number of esters is 1. The van der Waals surface area contributed by atoms with Gasteiger partial charge in [-0.15, -0.1) is 5.54 Å². The van der Waals surface area contributed by atoms with Gasteiger partial charge in [0, 0.05) is 5.92 Å². The Bertz CT molecular complexity index is 407. The van der Waals surface area contributed by atoms with Crippen molar-refractivity contribution in [1.82, 2.24) is 0 Å². The van der Waals surface area contributed by atoms with Gasteiger partial charge in [0.2, 0.25) is 0 Å². The molecule has 0 bridgehead atoms. The van der Waals surface area contributed by atoms with Crippen molar-refractivity contribution in [3.8, 4) is 11.5 Å². The molecule has 1 rings (SSSR count). The minimum Gasteiger partial charge on any atom is -0.451 e. The molecule has 0 unspecified atom stereocenters. The minimum atomic E-state index is -1.49. The van der Waals surface area contributed by atoms with Crippen LogP contribution in [0.4, 0.5) is 0 Å². The van der Waals surface area contributed by atoms with E-state index >= 15 is 0 Å². The molecular formula is C13H16O2Si. The summed E-state index contributed by atoms with van der Waals surface area (Å²) >= 11 is 0. The SMILES string of the molecule is C[Si](C)(C)C#CC(=O)OCc1ccccc1. The molecule has 84 valence electrons. The van der Waals surface area contributed by atoms with E-state index in [9.17, 15) is 4.79 Å². The second-order valence-corrected chi connectivity index (χ2v) is 9.31. The summed E-state index contributed by atoms with van der Waals surface area (Å²) in [5.74, 6) is 2.10. The molecule has 0 fully saturated rings. The first kappa shape index (κ1) is 12.5. The Morgan fingerprint density at radius 2 is 1.88 bits per heavy atom. The third kappa shape index (κ3) is 5.37. The van der Waals surface area contributed by atoms with Crippen LogP contribution in [0.5, 0.6) is 0 Å². The van der Waals surface area contributed by atoms with Crippen LogP contribution in [0.2, 0.25) is 19.6 Å². The van der Waals surface area contributed by atoms with Crippen molar-refractivity contribution in [2.75, 3.05) is 0 Å². The molecular weight excluding hydrogens is 216 g/mol. The second kappa shape index (κ2) is 5.52. The van der Waals surface area contributed by atoms with Crippen molar-refractivity contribution < 1.29 is 9.53 Å². The van der Waals surface area contributed by atoms with Gasteiger partial charge in [-0.3, -0.25) is 0 Å². The predicted octanol–water partition coefficient (Wildman–Crippen LogP) is 2.61. The van der Waals surface area contributed by atoms with Crippen molar-refractivity contribution in [1.29, 1.82) is 0 Å². The highest BCUT2D eigenvalue weighted by molar-refractivity contribution is 6.84. The van der Waals surface area contributed by atoms with Gasteiger partial charge in [-0.25, -0.2) is 4.79 Å². The van der Waals surface area contributed by atoms with Gasteiger partial charge in [-0.2, -0.15) is 0 Å². The lowest BCUT2D eigenvalue weighted by atomic mass is 10.2. The molecule has 1 aromatic carbocycles. The van der Waals surface area contributed by atoms with Crippen LogP contribution in [0, 0.1) is 11.5 Å². The third-order valence-electron chi connectivity index (χ3n) is 1.75. The van der Waals surface area contributed by atoms with E-state index in [1.165, 1.54) is 0 Å². The fraction of sp³-hybridized carbons (Fsp3) is 0.308. The van der Waals surface area contributed by atoms with Gasteiger partial charge in [-0.1, -0.05) is 50.0 Å². The maximum absolute atomic E-state index is 11.3. The van der Waals surface area contributed by atoms with Gasteiger partial charge in [0.05, 0.1) is 0 Å². The van der Waals surface area contributed by atoms with Crippen molar-refractivity contribution >= 4 is 14.0 Å². The molecule has 0 aliphatic heterocycles. The molecule has 0 N–H and O–H groups in total. The topological polar surface area (TPSA) is 26.3 Å². The lowest BCUT2D eigenvalue weighted by molar-refractivity contribution is -0.137. The standard InChI is InChI=1S/C13H16O2Si/c1-16(2,3)10-9-13(14)15-11-12-7-5-4-6-8-12/h4-8H,11H2,1-3H3. The minimum absolute atomic E-state index is 0.292. The summed E-state index contributed by atoms with van der Waals surface area (Å²) in [7, 11) is -1.49. The van der Waals surface area contributed by atoms with Gasteiger partial charge in [0.15, 0.2) is 0 Å². The quantitative estimate of drug-likeness (QED) is 0.445. The summed E-state index contributed by atoms with van der Waals surface area (Å²) in [6.45, 7) is 6.56. The molecule has 0 aliphatic carbocycles. The van der Waals surface area contributed by atoms with Gasteiger partial charge >= 0.3 is 5.97 Å². The highest BCUT2D eigenvalue weighted by atomic mass is 28.3. The van der Waals surface area contributed by atoms with Gasteiger partial charge in [0.1, 0.15) is 14.7 Å². The first-order valence-corrected chi connectivity index (χ1v) is 8.71. The molecule has 0 saturated heterocycles. The van der Waals surface area contributed by atoms with Crippen LogP contribution in [0.25, 0.3) is 0 Å². The summed E-state index contributed by atoms with van der Waals surface area (Å²) in [6, 6.07) is 9.59. The molecule has 0 radical (unpaired) electrons. The molecule has 16 heavy (non-hydrogen) atoms. The van der Waals surface area contributed by atoms with Crippen LogP contribution < -0.4 is 0 Å². The maximum Gasteiger partial charge on any atom is 0.384 e. The fourth-order valence-corrected chi connectivity index (χ4v) is 1.47. The van der Waals surface area contributed by atoms with E-state index < -0.39 is 14.0 Å². The average Bonchev–Trinajstić information content (AvgIpc) is 2.24. The van der Waals surface area contributed by atoms with Crippen molar-refractivity contribution in [3.05, 3.63) is 35.9 Å². The van der Waals surface area contributed by atoms with Gasteiger partial charge in [0.25, 0.3) is 0 Å². The van der Waals surface area contributed by atoms with Crippen molar-refractivity contribution in [2.24, 2.45) is 0 Å². The summed E-state index contributed by atoms with van der Waals surface area (Å²) in [5.41, 5.74) is 3.95. The number of carbonyl (C=O) groups is 1. The third-order valence-corrected chi connectivity index (χ3v) is 2.63. The molecule has 3 heteroatoms. The predicted molar refractivity (Wildman–Crippen MR) is 67.4 cm³/mol. The Morgan fingerprint density at radius 1 is 1.25 bits per heavy atom. The number of ether oxygens (including phenoxy) is 1. The Hall–Kier alpha value is -1.53. The van der Waals surface area contributed by atoms with Crippen LogP contribution in [0.15, 0.2) is 30.3 Å². The number of carbonyl (C=O) groups excluding carboxylic acids is 1. The summed E-state index contributed by atoms with van der Waals surface area (Å²) in [4.78, 5) is 11.3. The van der Waals surface area contributed by atoms with E-state index in [-0.39, 0.29) is 0 Å². The Labute approximate surface area is 97.6 Å². The molecule has 0 saturated carbocycles. The van der Waals surface area contributed by atoms with Crippen LogP contribution in [0.3, 0.4) is 0 Å². The highest BCUT2D eigenvalue weighted by Gasteiger charge is 2.08. The van der Waals surface area contributed by atoms with Gasteiger partial charge in [-0.05, 0) is 5.56 Å². The molecule has 2 nitrogen and oxygen atoms in total. The highest BCUT2D eigenvalue weighted by Crippen LogP contribution is 2.01. The Kier molecular flexibility index (Phi) is 4.33. The maximum atomic E-state index is 11.3. The zero-order chi connectivity index (χ0) is 12.0. The number of hydrogen-bond donors (Lipinski definition) is 0. The Balaban J connectivity index is 2.45. The number of rotatable bonds is 2. The lowest BCUT2D eigenvalue weighted by Crippen LogP contribution is -2.17. The lowest BCUT2D eigenvalue weighted by Gasteiger charge is -2.03. The number of benzene rings is 1. The molecule has 1 aromatic rings. The molecule has 0 heterocycles. The number of hydrogen-bond acceptors (Lipinski definition) is 2. The Morgan fingerprint density at radius 3 is 2.44 bits per heavy atom. The monoisotopic (exact) mass is 232 g/mol. The first-order chi connectivity index (χ1) is 7.47. The normalized spacial score (nSPS) is 10.2. The van der Waals surface area contributed by atoms with E-state index in [2.05, 4.69) is 31.1 Å². The largest absolute Gasteiger partial charge is 0.451 e. The summed E-state index contributed by atoms with van der Waals surface area (Å²) < 4.78 is 5.03. The molecule has 0 aromatic heterocycles. The van der Waals surface area contributed by atoms with Gasteiger partial charge < -0.3 is 4.74 Å². The van der Waals surface area contributed by atoms with Crippen LogP contribution in [-0.2, 0) is 16.1 Å². The second-order valence-electron chi connectivity index (χ2n) is 4.56. The summed E-state index contributed by atoms with van der Waals surface area (Å²) in [5, 5.41) is 0. The van der Waals surface area contributed by atoms with Crippen molar-refractivity contribution in [2.45, 2.75) is 26.2 Å². The van der Waals surface area contributed by atoms with Crippen LogP contribution >= 0.6 is 0 Å². The van der Waals surface area contributed by atoms with E-state index in [0.29, 0.717) is 6.61 Å². The molecule has 0 amide bonds. The first-order valence-electron chi connectivity index (χ1n) is 5.21. The molecule has 0 spiro atoms. The van der Waals surface area contributed by atoms with E-state index in [4.69, 9.17) is 4.74 Å². The molecule has 0 aliphatic rings. The van der Waals surface area contributed by atoms with E-state index in [0.717, 1.165) is 5.56 Å². The fourth-order valence-electron chi connectivity index (χ4n) is 0.998. The smallest absolute Gasteiger partial charge is 0.384 e. The molecule has 0 atom stereocenters. The zero-order valence-electron chi connectivity index (χ0n) is 9.91. The average molecular weight is 232 g/mol. The summed E-state index contributed by atoms with van der Waals surface area (Å²) in [6.07, 6.45) is 0. The van der Waals surface area contributed by atoms with E-state index in [1.54, 1.807) is 0 Å². The van der Waals surface area contributed by atoms with Crippen molar-refractivity contribution in [3.63, 3.8) is 0 Å². The van der Waals surface area contributed by atoms with Crippen LogP contribution in [0.1, 0.15) is 5.56 Å². The van der Waals surface area contributed by atoms with Crippen LogP contribution in [-0.4, -0.2) is 14.0 Å².